The van der Waals surface area contributed by atoms with Crippen LogP contribution in [0.5, 0.6) is 0 Å². The minimum Gasteiger partial charge on any atom is -0.311 e. The molecule has 0 unspecified atom stereocenters. The van der Waals surface area contributed by atoms with Crippen molar-refractivity contribution in [1.29, 1.82) is 0 Å². The summed E-state index contributed by atoms with van der Waals surface area (Å²) in [5.41, 5.74) is 0. The van der Waals surface area contributed by atoms with Crippen molar-refractivity contribution < 1.29 is 0 Å². The van der Waals surface area contributed by atoms with Crippen LogP contribution in [0.3, 0.4) is 0 Å². The average Bonchev–Trinajstić information content (AvgIpc) is 2.61. The SMILES string of the molecule is C1CC1N[C@H]1C[C@@H]2CC[C@@H]1C2. The lowest BCUT2D eigenvalue weighted by Crippen LogP contribution is -2.35. The maximum Gasteiger partial charge on any atom is 0.0101 e. The van der Waals surface area contributed by atoms with Gasteiger partial charge in [0.25, 0.3) is 0 Å². The Balaban J connectivity index is 1.62. The third kappa shape index (κ3) is 1.10. The predicted octanol–water partition coefficient (Wildman–Crippen LogP) is 1.93. The summed E-state index contributed by atoms with van der Waals surface area (Å²) in [6.07, 6.45) is 9.01. The molecule has 0 radical (unpaired) electrons. The van der Waals surface area contributed by atoms with Crippen molar-refractivity contribution in [1.82, 2.24) is 5.32 Å². The van der Waals surface area contributed by atoms with Gasteiger partial charge in [-0.25, -0.2) is 0 Å². The minimum absolute atomic E-state index is 0.930. The summed E-state index contributed by atoms with van der Waals surface area (Å²) < 4.78 is 0. The molecule has 0 aliphatic heterocycles. The van der Waals surface area contributed by atoms with Crippen LogP contribution >= 0.6 is 0 Å². The highest BCUT2D eigenvalue weighted by molar-refractivity contribution is 4.97. The van der Waals surface area contributed by atoms with Gasteiger partial charge in [-0.05, 0) is 43.9 Å². The summed E-state index contributed by atoms with van der Waals surface area (Å²) in [6, 6.07) is 1.86. The van der Waals surface area contributed by atoms with Crippen molar-refractivity contribution in [3.8, 4) is 0 Å². The lowest BCUT2D eigenvalue weighted by molar-refractivity contribution is 0.350. The van der Waals surface area contributed by atoms with Gasteiger partial charge in [0.2, 0.25) is 0 Å². The Morgan fingerprint density at radius 1 is 0.909 bits per heavy atom. The van der Waals surface area contributed by atoms with E-state index in [9.17, 15) is 0 Å². The topological polar surface area (TPSA) is 12.0 Å². The maximum absolute atomic E-state index is 3.78. The minimum atomic E-state index is 0.930. The molecule has 3 fully saturated rings. The standard InChI is InChI=1S/C10H17N/c1-2-8-5-7(1)6-10(8)11-9-3-4-9/h7-11H,1-6H2/t7-,8-,10+/m1/s1. The van der Waals surface area contributed by atoms with Crippen LogP contribution in [0.4, 0.5) is 0 Å². The summed E-state index contributed by atoms with van der Waals surface area (Å²) in [5.74, 6) is 2.18. The van der Waals surface area contributed by atoms with Crippen molar-refractivity contribution >= 4 is 0 Å². The molecule has 1 nitrogen and oxygen atoms in total. The zero-order valence-corrected chi connectivity index (χ0v) is 7.05. The molecule has 11 heavy (non-hydrogen) atoms. The van der Waals surface area contributed by atoms with Gasteiger partial charge in [0.15, 0.2) is 0 Å². The molecule has 3 rings (SSSR count). The van der Waals surface area contributed by atoms with E-state index in [4.69, 9.17) is 0 Å². The van der Waals surface area contributed by atoms with Gasteiger partial charge in [-0.2, -0.15) is 0 Å². The van der Waals surface area contributed by atoms with Gasteiger partial charge in [-0.1, -0.05) is 6.42 Å². The molecule has 2 bridgehead atoms. The van der Waals surface area contributed by atoms with Crippen molar-refractivity contribution in [2.45, 2.75) is 50.6 Å². The van der Waals surface area contributed by atoms with E-state index in [1.165, 1.54) is 32.1 Å². The molecule has 0 amide bonds. The van der Waals surface area contributed by atoms with Gasteiger partial charge in [0.05, 0.1) is 0 Å². The molecular formula is C10H17N. The third-order valence-corrected chi connectivity index (χ3v) is 3.77. The third-order valence-electron chi connectivity index (χ3n) is 3.77. The summed E-state index contributed by atoms with van der Waals surface area (Å²) in [6.45, 7) is 0. The first-order valence-electron chi connectivity index (χ1n) is 5.18. The Bertz CT molecular complexity index is 162. The first-order valence-corrected chi connectivity index (χ1v) is 5.18. The van der Waals surface area contributed by atoms with E-state index in [0.29, 0.717) is 0 Å². The highest BCUT2D eigenvalue weighted by Crippen LogP contribution is 2.45. The van der Waals surface area contributed by atoms with Crippen LogP contribution < -0.4 is 5.32 Å². The van der Waals surface area contributed by atoms with Crippen LogP contribution in [0.15, 0.2) is 0 Å². The van der Waals surface area contributed by atoms with E-state index in [-0.39, 0.29) is 0 Å². The Morgan fingerprint density at radius 3 is 2.36 bits per heavy atom. The van der Waals surface area contributed by atoms with E-state index in [0.717, 1.165) is 23.9 Å². The Hall–Kier alpha value is -0.0400. The second-order valence-corrected chi connectivity index (χ2v) is 4.72. The van der Waals surface area contributed by atoms with Crippen molar-refractivity contribution in [3.05, 3.63) is 0 Å². The van der Waals surface area contributed by atoms with E-state index >= 15 is 0 Å². The lowest BCUT2D eigenvalue weighted by atomic mass is 9.95. The van der Waals surface area contributed by atoms with Crippen LogP contribution in [-0.2, 0) is 0 Å². The summed E-state index contributed by atoms with van der Waals surface area (Å²) in [5, 5.41) is 3.78. The molecule has 3 aliphatic rings. The highest BCUT2D eigenvalue weighted by Gasteiger charge is 2.41. The van der Waals surface area contributed by atoms with E-state index in [1.54, 1.807) is 6.42 Å². The Morgan fingerprint density at radius 2 is 1.82 bits per heavy atom. The lowest BCUT2D eigenvalue weighted by Gasteiger charge is -2.22. The van der Waals surface area contributed by atoms with Crippen molar-refractivity contribution in [2.75, 3.05) is 0 Å². The fraction of sp³-hybridized carbons (Fsp3) is 1.00. The van der Waals surface area contributed by atoms with Crippen LogP contribution in [0.25, 0.3) is 0 Å². The second-order valence-electron chi connectivity index (χ2n) is 4.72. The van der Waals surface area contributed by atoms with Crippen molar-refractivity contribution in [2.24, 2.45) is 11.8 Å². The summed E-state index contributed by atoms with van der Waals surface area (Å²) in [7, 11) is 0. The van der Waals surface area contributed by atoms with Gasteiger partial charge in [0, 0.05) is 12.1 Å². The molecule has 0 saturated heterocycles. The van der Waals surface area contributed by atoms with Crippen LogP contribution in [0.1, 0.15) is 38.5 Å². The van der Waals surface area contributed by atoms with Gasteiger partial charge >= 0.3 is 0 Å². The van der Waals surface area contributed by atoms with Gasteiger partial charge in [0.1, 0.15) is 0 Å². The molecule has 3 aliphatic carbocycles. The number of rotatable bonds is 2. The normalized spacial score (nSPS) is 48.5. The van der Waals surface area contributed by atoms with E-state index in [1.807, 2.05) is 0 Å². The Kier molecular flexibility index (Phi) is 1.31. The summed E-state index contributed by atoms with van der Waals surface area (Å²) in [4.78, 5) is 0. The van der Waals surface area contributed by atoms with Gasteiger partial charge < -0.3 is 5.32 Å². The molecule has 0 aromatic carbocycles. The first kappa shape index (κ1) is 6.47. The molecule has 1 heteroatoms. The van der Waals surface area contributed by atoms with Crippen molar-refractivity contribution in [3.63, 3.8) is 0 Å². The van der Waals surface area contributed by atoms with E-state index in [2.05, 4.69) is 5.32 Å². The smallest absolute Gasteiger partial charge is 0.0101 e. The Labute approximate surface area is 68.6 Å². The molecule has 0 aromatic heterocycles. The second kappa shape index (κ2) is 2.22. The van der Waals surface area contributed by atoms with Gasteiger partial charge in [-0.3, -0.25) is 0 Å². The average molecular weight is 151 g/mol. The van der Waals surface area contributed by atoms with Gasteiger partial charge in [-0.15, -0.1) is 0 Å². The zero-order valence-electron chi connectivity index (χ0n) is 7.05. The molecule has 3 atom stereocenters. The molecule has 0 heterocycles. The molecule has 0 spiro atoms. The molecular weight excluding hydrogens is 134 g/mol. The summed E-state index contributed by atoms with van der Waals surface area (Å²) >= 11 is 0. The fourth-order valence-corrected chi connectivity index (χ4v) is 3.00. The largest absolute Gasteiger partial charge is 0.311 e. The van der Waals surface area contributed by atoms with E-state index < -0.39 is 0 Å². The monoisotopic (exact) mass is 151 g/mol. The molecule has 62 valence electrons. The number of hydrogen-bond acceptors (Lipinski definition) is 1. The fourth-order valence-electron chi connectivity index (χ4n) is 3.00. The zero-order chi connectivity index (χ0) is 7.26. The molecule has 1 N–H and O–H groups in total. The number of hydrogen-bond donors (Lipinski definition) is 1. The van der Waals surface area contributed by atoms with Crippen LogP contribution in [0.2, 0.25) is 0 Å². The first-order chi connectivity index (χ1) is 5.42. The van der Waals surface area contributed by atoms with Crippen LogP contribution in [-0.4, -0.2) is 12.1 Å². The van der Waals surface area contributed by atoms with Crippen LogP contribution in [0, 0.1) is 11.8 Å². The predicted molar refractivity (Wildman–Crippen MR) is 45.4 cm³/mol. The molecule has 3 saturated carbocycles. The quantitative estimate of drug-likeness (QED) is 0.636. The number of fused-ring (bicyclic) bond motifs is 2. The molecule has 0 aromatic rings. The maximum atomic E-state index is 3.78. The number of nitrogens with one attached hydrogen (secondary N) is 1. The highest BCUT2D eigenvalue weighted by atomic mass is 15.0.